The van der Waals surface area contributed by atoms with Gasteiger partial charge in [-0.25, -0.2) is 0 Å². The lowest BCUT2D eigenvalue weighted by atomic mass is 10.1. The van der Waals surface area contributed by atoms with E-state index in [1.54, 1.807) is 0 Å². The van der Waals surface area contributed by atoms with Gasteiger partial charge >= 0.3 is 0 Å². The molecule has 2 N–H and O–H groups in total. The van der Waals surface area contributed by atoms with Crippen LogP contribution in [0.15, 0.2) is 30.5 Å². The van der Waals surface area contributed by atoms with Gasteiger partial charge in [0, 0.05) is 30.2 Å². The molecule has 0 radical (unpaired) electrons. The second kappa shape index (κ2) is 2.75. The van der Waals surface area contributed by atoms with Crippen LogP contribution in [0.25, 0.3) is 10.9 Å². The van der Waals surface area contributed by atoms with Crippen LogP contribution in [0.4, 0.5) is 5.69 Å². The summed E-state index contributed by atoms with van der Waals surface area (Å²) in [7, 11) is 0. The van der Waals surface area contributed by atoms with Crippen molar-refractivity contribution in [3.63, 3.8) is 0 Å². The van der Waals surface area contributed by atoms with Gasteiger partial charge < -0.3 is 15.0 Å². The molecule has 1 saturated heterocycles. The van der Waals surface area contributed by atoms with Crippen LogP contribution in [0, 0.1) is 0 Å². The van der Waals surface area contributed by atoms with E-state index < -0.39 is 0 Å². The second-order valence-electron chi connectivity index (χ2n) is 3.78. The minimum Gasteiger partial charge on any atom is -0.389 e. The predicted molar refractivity (Wildman–Crippen MR) is 56.5 cm³/mol. The second-order valence-corrected chi connectivity index (χ2v) is 3.78. The zero-order valence-corrected chi connectivity index (χ0v) is 7.77. The van der Waals surface area contributed by atoms with Crippen LogP contribution in [0.1, 0.15) is 0 Å². The average molecular weight is 188 g/mol. The number of hydrogen-bond acceptors (Lipinski definition) is 2. The van der Waals surface area contributed by atoms with E-state index in [-0.39, 0.29) is 6.10 Å². The molecule has 1 aliphatic heterocycles. The van der Waals surface area contributed by atoms with Crippen molar-refractivity contribution in [2.45, 2.75) is 6.10 Å². The van der Waals surface area contributed by atoms with E-state index in [0.717, 1.165) is 18.6 Å². The summed E-state index contributed by atoms with van der Waals surface area (Å²) in [5.41, 5.74) is 2.36. The Balaban J connectivity index is 2.05. The van der Waals surface area contributed by atoms with Crippen molar-refractivity contribution >= 4 is 16.6 Å². The first-order valence-electron chi connectivity index (χ1n) is 4.84. The van der Waals surface area contributed by atoms with Crippen molar-refractivity contribution in [1.29, 1.82) is 0 Å². The Morgan fingerprint density at radius 3 is 2.86 bits per heavy atom. The largest absolute Gasteiger partial charge is 0.389 e. The van der Waals surface area contributed by atoms with Crippen LogP contribution < -0.4 is 4.90 Å². The topological polar surface area (TPSA) is 39.3 Å². The van der Waals surface area contributed by atoms with Gasteiger partial charge in [0.25, 0.3) is 0 Å². The Morgan fingerprint density at radius 1 is 1.29 bits per heavy atom. The molecule has 0 bridgehead atoms. The molecule has 2 aromatic rings. The van der Waals surface area contributed by atoms with Crippen LogP contribution in [-0.4, -0.2) is 29.3 Å². The highest BCUT2D eigenvalue weighted by Crippen LogP contribution is 2.29. The molecule has 0 unspecified atom stereocenters. The third-order valence-corrected chi connectivity index (χ3v) is 2.77. The van der Waals surface area contributed by atoms with Gasteiger partial charge in [-0.1, -0.05) is 18.2 Å². The molecule has 1 aromatic heterocycles. The molecule has 0 saturated carbocycles. The Bertz CT molecular complexity index is 457. The smallest absolute Gasteiger partial charge is 0.0889 e. The summed E-state index contributed by atoms with van der Waals surface area (Å²) in [5, 5.41) is 10.5. The Labute approximate surface area is 82.0 Å². The number of hydrogen-bond donors (Lipinski definition) is 2. The van der Waals surface area contributed by atoms with Gasteiger partial charge in [0.2, 0.25) is 0 Å². The summed E-state index contributed by atoms with van der Waals surface area (Å²) in [4.78, 5) is 5.41. The SMILES string of the molecule is OC1CN(c2c[nH]c3ccccc23)C1. The summed E-state index contributed by atoms with van der Waals surface area (Å²) in [5.74, 6) is 0. The van der Waals surface area contributed by atoms with Crippen molar-refractivity contribution in [2.24, 2.45) is 0 Å². The predicted octanol–water partition coefficient (Wildman–Crippen LogP) is 1.35. The number of nitrogens with one attached hydrogen (secondary N) is 1. The molecular formula is C11H12N2O. The summed E-state index contributed by atoms with van der Waals surface area (Å²) in [6, 6.07) is 8.23. The van der Waals surface area contributed by atoms with Gasteiger partial charge in [-0.2, -0.15) is 0 Å². The van der Waals surface area contributed by atoms with Crippen LogP contribution in [-0.2, 0) is 0 Å². The fourth-order valence-electron chi connectivity index (χ4n) is 1.97. The first-order valence-corrected chi connectivity index (χ1v) is 4.84. The number of β-amino-alcohol motifs (C(OH)–C–C–N with tert-alkyl or cyclic N) is 1. The number of fused-ring (bicyclic) bond motifs is 1. The molecule has 0 amide bonds. The van der Waals surface area contributed by atoms with Gasteiger partial charge in [-0.3, -0.25) is 0 Å². The number of rotatable bonds is 1. The summed E-state index contributed by atoms with van der Waals surface area (Å²) < 4.78 is 0. The Morgan fingerprint density at radius 2 is 2.07 bits per heavy atom. The average Bonchev–Trinajstić information content (AvgIpc) is 2.56. The van der Waals surface area contributed by atoms with E-state index in [9.17, 15) is 5.11 Å². The molecule has 0 atom stereocenters. The Kier molecular flexibility index (Phi) is 1.55. The van der Waals surface area contributed by atoms with Gasteiger partial charge in [-0.05, 0) is 6.07 Å². The molecule has 0 spiro atoms. The van der Waals surface area contributed by atoms with Crippen LogP contribution in [0.5, 0.6) is 0 Å². The lowest BCUT2D eigenvalue weighted by molar-refractivity contribution is 0.142. The highest BCUT2D eigenvalue weighted by atomic mass is 16.3. The monoisotopic (exact) mass is 188 g/mol. The first-order chi connectivity index (χ1) is 6.84. The normalized spacial score (nSPS) is 17.4. The van der Waals surface area contributed by atoms with Crippen molar-refractivity contribution in [3.8, 4) is 0 Å². The number of aliphatic hydroxyl groups excluding tert-OH is 1. The zero-order valence-electron chi connectivity index (χ0n) is 7.77. The number of aromatic amines is 1. The number of anilines is 1. The van der Waals surface area contributed by atoms with Crippen molar-refractivity contribution in [3.05, 3.63) is 30.5 Å². The van der Waals surface area contributed by atoms with E-state index in [0.29, 0.717) is 0 Å². The summed E-state index contributed by atoms with van der Waals surface area (Å²) >= 11 is 0. The third-order valence-electron chi connectivity index (χ3n) is 2.77. The fourth-order valence-corrected chi connectivity index (χ4v) is 1.97. The first kappa shape index (κ1) is 7.88. The molecule has 3 heteroatoms. The quantitative estimate of drug-likeness (QED) is 0.709. The molecule has 72 valence electrons. The van der Waals surface area contributed by atoms with E-state index in [1.807, 2.05) is 18.3 Å². The molecule has 14 heavy (non-hydrogen) atoms. The molecule has 3 rings (SSSR count). The zero-order chi connectivity index (χ0) is 9.54. The van der Waals surface area contributed by atoms with Gasteiger partial charge in [-0.15, -0.1) is 0 Å². The fraction of sp³-hybridized carbons (Fsp3) is 0.273. The number of para-hydroxylation sites is 1. The van der Waals surface area contributed by atoms with E-state index in [1.165, 1.54) is 11.1 Å². The number of H-pyrrole nitrogens is 1. The Hall–Kier alpha value is -1.48. The van der Waals surface area contributed by atoms with Gasteiger partial charge in [0.15, 0.2) is 0 Å². The standard InChI is InChI=1S/C11H12N2O/c14-8-6-13(7-8)11-5-12-10-4-2-1-3-9(10)11/h1-5,8,12,14H,6-7H2. The number of benzene rings is 1. The van der Waals surface area contributed by atoms with Crippen molar-refractivity contribution < 1.29 is 5.11 Å². The maximum Gasteiger partial charge on any atom is 0.0889 e. The number of aromatic nitrogens is 1. The minimum atomic E-state index is -0.149. The van der Waals surface area contributed by atoms with Crippen LogP contribution in [0.3, 0.4) is 0 Å². The molecular weight excluding hydrogens is 176 g/mol. The number of aliphatic hydroxyl groups is 1. The molecule has 2 heterocycles. The minimum absolute atomic E-state index is 0.149. The maximum atomic E-state index is 9.24. The van der Waals surface area contributed by atoms with Gasteiger partial charge in [0.05, 0.1) is 11.8 Å². The lowest BCUT2D eigenvalue weighted by Gasteiger charge is -2.37. The van der Waals surface area contributed by atoms with Crippen molar-refractivity contribution in [2.75, 3.05) is 18.0 Å². The molecule has 1 aromatic carbocycles. The van der Waals surface area contributed by atoms with Crippen molar-refractivity contribution in [1.82, 2.24) is 4.98 Å². The molecule has 3 nitrogen and oxygen atoms in total. The van der Waals surface area contributed by atoms with Crippen LogP contribution >= 0.6 is 0 Å². The highest BCUT2D eigenvalue weighted by Gasteiger charge is 2.26. The van der Waals surface area contributed by atoms with Crippen LogP contribution in [0.2, 0.25) is 0 Å². The van der Waals surface area contributed by atoms with E-state index in [4.69, 9.17) is 0 Å². The summed E-state index contributed by atoms with van der Waals surface area (Å²) in [6.45, 7) is 1.50. The van der Waals surface area contributed by atoms with Gasteiger partial charge in [0.1, 0.15) is 0 Å². The maximum absolute atomic E-state index is 9.24. The number of nitrogens with zero attached hydrogens (tertiary/aromatic N) is 1. The summed E-state index contributed by atoms with van der Waals surface area (Å²) in [6.07, 6.45) is 1.86. The van der Waals surface area contributed by atoms with E-state index in [2.05, 4.69) is 22.0 Å². The highest BCUT2D eigenvalue weighted by molar-refractivity contribution is 5.93. The molecule has 1 fully saturated rings. The third kappa shape index (κ3) is 1.02. The lowest BCUT2D eigenvalue weighted by Crippen LogP contribution is -2.50. The van der Waals surface area contributed by atoms with E-state index >= 15 is 0 Å². The molecule has 1 aliphatic rings. The molecule has 0 aliphatic carbocycles.